The average molecular weight is 415 g/mol. The molecule has 1 aliphatic carbocycles. The van der Waals surface area contributed by atoms with Gasteiger partial charge in [-0.05, 0) is 74.6 Å². The Bertz CT molecular complexity index is 1100. The second kappa shape index (κ2) is 7.89. The van der Waals surface area contributed by atoms with Gasteiger partial charge in [-0.1, -0.05) is 12.1 Å². The summed E-state index contributed by atoms with van der Waals surface area (Å²) in [6.45, 7) is 1.90. The van der Waals surface area contributed by atoms with E-state index in [0.717, 1.165) is 48.2 Å². The highest BCUT2D eigenvalue weighted by Gasteiger charge is 2.31. The van der Waals surface area contributed by atoms with Crippen LogP contribution in [0.2, 0.25) is 0 Å². The van der Waals surface area contributed by atoms with Crippen molar-refractivity contribution in [3.8, 4) is 28.4 Å². The van der Waals surface area contributed by atoms with Crippen LogP contribution in [0.3, 0.4) is 0 Å². The van der Waals surface area contributed by atoms with Crippen molar-refractivity contribution in [3.63, 3.8) is 0 Å². The summed E-state index contributed by atoms with van der Waals surface area (Å²) in [6, 6.07) is 12.2. The van der Waals surface area contributed by atoms with Gasteiger partial charge >= 0.3 is 6.36 Å². The van der Waals surface area contributed by atoms with Gasteiger partial charge in [-0.25, -0.2) is 0 Å². The molecule has 0 bridgehead atoms. The standard InChI is InChI=1S/C23H20F3NO3/c1-14-21(22(28)19-4-2-3-5-20(19)27-14)15-6-8-16(9-7-15)29-17-10-12-18(13-11-17)30-23(24,25)26/h6-13H,2-5H2,1H3,(H,27,28). The molecule has 4 rings (SSSR count). The van der Waals surface area contributed by atoms with Crippen molar-refractivity contribution >= 4 is 0 Å². The van der Waals surface area contributed by atoms with E-state index in [-0.39, 0.29) is 11.2 Å². The number of H-pyrrole nitrogens is 1. The maximum atomic E-state index is 13.0. The number of benzene rings is 2. The van der Waals surface area contributed by atoms with Gasteiger partial charge in [0.25, 0.3) is 0 Å². The third-order valence-electron chi connectivity index (χ3n) is 5.12. The van der Waals surface area contributed by atoms with E-state index >= 15 is 0 Å². The first-order valence-electron chi connectivity index (χ1n) is 9.69. The van der Waals surface area contributed by atoms with Crippen LogP contribution >= 0.6 is 0 Å². The first kappa shape index (κ1) is 20.1. The predicted octanol–water partition coefficient (Wildman–Crippen LogP) is 5.92. The summed E-state index contributed by atoms with van der Waals surface area (Å²) in [7, 11) is 0. The quantitative estimate of drug-likeness (QED) is 0.575. The molecular formula is C23H20F3NO3. The van der Waals surface area contributed by atoms with Crippen LogP contribution in [0, 0.1) is 6.92 Å². The molecule has 156 valence electrons. The minimum atomic E-state index is -4.73. The van der Waals surface area contributed by atoms with E-state index in [9.17, 15) is 18.0 Å². The summed E-state index contributed by atoms with van der Waals surface area (Å²) in [5, 5.41) is 0. The Balaban J connectivity index is 1.53. The normalized spacial score (nSPS) is 13.6. The van der Waals surface area contributed by atoms with Crippen LogP contribution in [0.4, 0.5) is 13.2 Å². The molecule has 0 unspecified atom stereocenters. The van der Waals surface area contributed by atoms with Crippen molar-refractivity contribution < 1.29 is 22.6 Å². The van der Waals surface area contributed by atoms with Gasteiger partial charge in [-0.3, -0.25) is 4.79 Å². The van der Waals surface area contributed by atoms with E-state index in [2.05, 4.69) is 9.72 Å². The highest BCUT2D eigenvalue weighted by Crippen LogP contribution is 2.29. The molecule has 0 fully saturated rings. The lowest BCUT2D eigenvalue weighted by atomic mass is 9.91. The van der Waals surface area contributed by atoms with E-state index in [1.54, 1.807) is 12.1 Å². The van der Waals surface area contributed by atoms with Crippen molar-refractivity contribution in [3.05, 3.63) is 75.7 Å². The number of aryl methyl sites for hydroxylation is 2. The lowest BCUT2D eigenvalue weighted by Gasteiger charge is -2.18. The molecule has 1 N–H and O–H groups in total. The van der Waals surface area contributed by atoms with Crippen molar-refractivity contribution in [2.24, 2.45) is 0 Å². The summed E-state index contributed by atoms with van der Waals surface area (Å²) >= 11 is 0. The largest absolute Gasteiger partial charge is 0.573 e. The van der Waals surface area contributed by atoms with Crippen LogP contribution < -0.4 is 14.9 Å². The van der Waals surface area contributed by atoms with Gasteiger partial charge in [0.1, 0.15) is 17.2 Å². The van der Waals surface area contributed by atoms with Crippen LogP contribution in [-0.4, -0.2) is 11.3 Å². The summed E-state index contributed by atoms with van der Waals surface area (Å²) in [6.07, 6.45) is -0.904. The molecule has 30 heavy (non-hydrogen) atoms. The first-order valence-corrected chi connectivity index (χ1v) is 9.69. The summed E-state index contributed by atoms with van der Waals surface area (Å²) < 4.78 is 46.2. The topological polar surface area (TPSA) is 51.3 Å². The second-order valence-corrected chi connectivity index (χ2v) is 7.26. The molecule has 7 heteroatoms. The predicted molar refractivity (Wildman–Crippen MR) is 107 cm³/mol. The summed E-state index contributed by atoms with van der Waals surface area (Å²) in [4.78, 5) is 16.4. The van der Waals surface area contributed by atoms with Gasteiger partial charge in [0.05, 0.1) is 0 Å². The van der Waals surface area contributed by atoms with Crippen LogP contribution in [-0.2, 0) is 12.8 Å². The molecule has 0 spiro atoms. The SMILES string of the molecule is Cc1[nH]c2c(c(=O)c1-c1ccc(Oc3ccc(OC(F)(F)F)cc3)cc1)CCCC2. The highest BCUT2D eigenvalue weighted by molar-refractivity contribution is 5.67. The molecule has 0 radical (unpaired) electrons. The molecule has 2 aromatic carbocycles. The average Bonchev–Trinajstić information content (AvgIpc) is 2.70. The molecule has 0 atom stereocenters. The number of nitrogens with one attached hydrogen (secondary N) is 1. The highest BCUT2D eigenvalue weighted by atomic mass is 19.4. The fraction of sp³-hybridized carbons (Fsp3) is 0.261. The van der Waals surface area contributed by atoms with Gasteiger partial charge < -0.3 is 14.5 Å². The number of halogens is 3. The number of alkyl halides is 3. The Morgan fingerprint density at radius 3 is 2.07 bits per heavy atom. The zero-order chi connectivity index (χ0) is 21.3. The van der Waals surface area contributed by atoms with E-state index in [1.807, 2.05) is 19.1 Å². The van der Waals surface area contributed by atoms with Gasteiger partial charge in [0.2, 0.25) is 0 Å². The minimum Gasteiger partial charge on any atom is -0.457 e. The zero-order valence-corrected chi connectivity index (χ0v) is 16.3. The van der Waals surface area contributed by atoms with Gasteiger partial charge in [0.15, 0.2) is 5.43 Å². The van der Waals surface area contributed by atoms with Crippen LogP contribution in [0.1, 0.15) is 29.8 Å². The molecule has 1 aromatic heterocycles. The van der Waals surface area contributed by atoms with Crippen molar-refractivity contribution in [1.82, 2.24) is 4.98 Å². The molecule has 0 saturated heterocycles. The second-order valence-electron chi connectivity index (χ2n) is 7.26. The Labute approximate surface area is 171 Å². The van der Waals surface area contributed by atoms with Crippen molar-refractivity contribution in [1.29, 1.82) is 0 Å². The number of pyridine rings is 1. The van der Waals surface area contributed by atoms with Crippen LogP contribution in [0.15, 0.2) is 53.3 Å². The van der Waals surface area contributed by atoms with Gasteiger partial charge in [-0.15, -0.1) is 13.2 Å². The Hall–Kier alpha value is -3.22. The maximum Gasteiger partial charge on any atom is 0.573 e. The lowest BCUT2D eigenvalue weighted by Crippen LogP contribution is -2.21. The van der Waals surface area contributed by atoms with E-state index in [1.165, 1.54) is 24.3 Å². The number of rotatable bonds is 4. The van der Waals surface area contributed by atoms with Crippen LogP contribution in [0.5, 0.6) is 17.2 Å². The Morgan fingerprint density at radius 1 is 0.867 bits per heavy atom. The van der Waals surface area contributed by atoms with E-state index in [4.69, 9.17) is 4.74 Å². The number of hydrogen-bond donors (Lipinski definition) is 1. The minimum absolute atomic E-state index is 0.0786. The number of fused-ring (bicyclic) bond motifs is 1. The molecule has 0 amide bonds. The first-order chi connectivity index (χ1) is 14.3. The molecule has 1 aliphatic rings. The zero-order valence-electron chi connectivity index (χ0n) is 16.3. The number of aromatic nitrogens is 1. The Morgan fingerprint density at radius 2 is 1.43 bits per heavy atom. The van der Waals surface area contributed by atoms with E-state index < -0.39 is 6.36 Å². The molecule has 0 aliphatic heterocycles. The third kappa shape index (κ3) is 4.35. The fourth-order valence-electron chi connectivity index (χ4n) is 3.79. The molecule has 3 aromatic rings. The summed E-state index contributed by atoms with van der Waals surface area (Å²) in [5.74, 6) is 0.572. The van der Waals surface area contributed by atoms with Crippen molar-refractivity contribution in [2.45, 2.75) is 39.0 Å². The maximum absolute atomic E-state index is 13.0. The molecular weight excluding hydrogens is 395 g/mol. The lowest BCUT2D eigenvalue weighted by molar-refractivity contribution is -0.274. The third-order valence-corrected chi connectivity index (χ3v) is 5.12. The Kier molecular flexibility index (Phi) is 5.28. The molecule has 4 nitrogen and oxygen atoms in total. The van der Waals surface area contributed by atoms with Gasteiger partial charge in [-0.2, -0.15) is 0 Å². The molecule has 0 saturated carbocycles. The van der Waals surface area contributed by atoms with E-state index in [0.29, 0.717) is 17.1 Å². The van der Waals surface area contributed by atoms with Crippen molar-refractivity contribution in [2.75, 3.05) is 0 Å². The molecule has 1 heterocycles. The number of aromatic amines is 1. The summed E-state index contributed by atoms with van der Waals surface area (Å²) in [5.41, 5.74) is 4.30. The number of hydrogen-bond acceptors (Lipinski definition) is 3. The monoisotopic (exact) mass is 415 g/mol. The number of ether oxygens (including phenoxy) is 2. The van der Waals surface area contributed by atoms with Gasteiger partial charge in [0, 0.05) is 22.5 Å². The fourth-order valence-corrected chi connectivity index (χ4v) is 3.79. The smallest absolute Gasteiger partial charge is 0.457 e. The van der Waals surface area contributed by atoms with Crippen LogP contribution in [0.25, 0.3) is 11.1 Å².